The van der Waals surface area contributed by atoms with E-state index in [0.717, 1.165) is 49.2 Å². The molecule has 2 aliphatic heterocycles. The molecule has 1 aromatic heterocycles. The molecule has 5 nitrogen and oxygen atoms in total. The van der Waals surface area contributed by atoms with Crippen molar-refractivity contribution >= 4 is 5.97 Å². The molecule has 3 aromatic rings. The van der Waals surface area contributed by atoms with E-state index >= 15 is 0 Å². The predicted octanol–water partition coefficient (Wildman–Crippen LogP) is 3.38. The van der Waals surface area contributed by atoms with Gasteiger partial charge in [0, 0.05) is 42.4 Å². The zero-order valence-corrected chi connectivity index (χ0v) is 27.2. The standard InChI is InChI=1S/C35H42N2O3.Na/c1-21-17-28(15-16-36-21)27-11-13-31(30(18-27)20-37-22(2)5-6-23(37)3)32-14-12-25-7-10-29(19-33(25)40-32)34(26-8-9-26)24(4)35(38)39;/h7,10-11,13,15-19,22-24,26,32,34H,5-6,8-9,12,14,20H2,1-4H3,(H,38,39);/q;+1/p-1/t22-,23-,24+,32?,34+;/m1./s1. The molecule has 1 saturated carbocycles. The van der Waals surface area contributed by atoms with Crippen molar-refractivity contribution in [3.63, 3.8) is 0 Å². The van der Waals surface area contributed by atoms with Crippen LogP contribution in [-0.4, -0.2) is 27.9 Å². The Balaban J connectivity index is 0.00000337. The summed E-state index contributed by atoms with van der Waals surface area (Å²) in [6, 6.07) is 18.6. The number of carboxylic acid groups (broad SMARTS) is 1. The van der Waals surface area contributed by atoms with E-state index in [9.17, 15) is 9.90 Å². The molecule has 0 bridgehead atoms. The van der Waals surface area contributed by atoms with Gasteiger partial charge in [-0.05, 0) is 129 Å². The number of hydrogen-bond donors (Lipinski definition) is 0. The van der Waals surface area contributed by atoms with Gasteiger partial charge in [-0.25, -0.2) is 0 Å². The number of carboxylic acids is 1. The summed E-state index contributed by atoms with van der Waals surface area (Å²) in [7, 11) is 0. The van der Waals surface area contributed by atoms with Gasteiger partial charge in [-0.1, -0.05) is 31.2 Å². The number of carbonyl (C=O) groups is 1. The zero-order valence-electron chi connectivity index (χ0n) is 25.2. The maximum absolute atomic E-state index is 11.8. The molecule has 6 rings (SSSR count). The zero-order chi connectivity index (χ0) is 28.0. The molecule has 3 aliphatic rings. The monoisotopic (exact) mass is 560 g/mol. The van der Waals surface area contributed by atoms with Crippen molar-refractivity contribution < 1.29 is 44.2 Å². The fourth-order valence-corrected chi connectivity index (χ4v) is 7.10. The van der Waals surface area contributed by atoms with Crippen molar-refractivity contribution in [2.45, 2.75) is 96.9 Å². The Morgan fingerprint density at radius 1 is 1.00 bits per heavy atom. The van der Waals surface area contributed by atoms with Crippen LogP contribution < -0.4 is 39.4 Å². The van der Waals surface area contributed by atoms with Crippen LogP contribution in [0.15, 0.2) is 54.7 Å². The number of likely N-dealkylation sites (tertiary alicyclic amines) is 1. The average Bonchev–Trinajstić information content (AvgIpc) is 3.74. The third kappa shape index (κ3) is 6.44. The first kappa shape index (κ1) is 30.3. The molecule has 1 saturated heterocycles. The van der Waals surface area contributed by atoms with Gasteiger partial charge in [0.25, 0.3) is 0 Å². The van der Waals surface area contributed by atoms with Gasteiger partial charge in [-0.2, -0.15) is 0 Å². The van der Waals surface area contributed by atoms with E-state index in [1.54, 1.807) is 6.92 Å². The molecule has 0 N–H and O–H groups in total. The largest absolute Gasteiger partial charge is 1.00 e. The number of carbonyl (C=O) groups excluding carboxylic acids is 1. The summed E-state index contributed by atoms with van der Waals surface area (Å²) >= 11 is 0. The number of benzene rings is 2. The summed E-state index contributed by atoms with van der Waals surface area (Å²) in [6.07, 6.45) is 8.39. The smallest absolute Gasteiger partial charge is 0.550 e. The molecule has 0 amide bonds. The van der Waals surface area contributed by atoms with Crippen LogP contribution >= 0.6 is 0 Å². The molecular weight excluding hydrogens is 519 g/mol. The Labute approximate surface area is 267 Å². The number of pyridine rings is 1. The molecule has 210 valence electrons. The topological polar surface area (TPSA) is 65.5 Å². The van der Waals surface area contributed by atoms with Crippen LogP contribution in [0.1, 0.15) is 92.8 Å². The first-order valence-corrected chi connectivity index (χ1v) is 15.1. The van der Waals surface area contributed by atoms with Crippen LogP contribution in [-0.2, 0) is 17.8 Å². The Morgan fingerprint density at radius 3 is 2.41 bits per heavy atom. The fourth-order valence-electron chi connectivity index (χ4n) is 7.10. The van der Waals surface area contributed by atoms with Gasteiger partial charge in [0.2, 0.25) is 0 Å². The molecule has 0 spiro atoms. The van der Waals surface area contributed by atoms with Crippen molar-refractivity contribution in [3.8, 4) is 16.9 Å². The molecule has 5 atom stereocenters. The Morgan fingerprint density at radius 2 is 1.73 bits per heavy atom. The summed E-state index contributed by atoms with van der Waals surface area (Å²) in [5, 5.41) is 11.8. The van der Waals surface area contributed by atoms with Crippen molar-refractivity contribution in [2.75, 3.05) is 0 Å². The third-order valence-corrected chi connectivity index (χ3v) is 9.67. The maximum atomic E-state index is 11.8. The molecule has 2 aromatic carbocycles. The van der Waals surface area contributed by atoms with Crippen LogP contribution in [0, 0.1) is 18.8 Å². The van der Waals surface area contributed by atoms with E-state index in [-0.39, 0.29) is 41.6 Å². The predicted molar refractivity (Wildman–Crippen MR) is 156 cm³/mol. The normalized spacial score (nSPS) is 23.7. The second-order valence-corrected chi connectivity index (χ2v) is 12.5. The summed E-state index contributed by atoms with van der Waals surface area (Å²) in [5.41, 5.74) is 8.30. The van der Waals surface area contributed by atoms with E-state index < -0.39 is 11.9 Å². The van der Waals surface area contributed by atoms with Crippen molar-refractivity contribution in [2.24, 2.45) is 11.8 Å². The minimum atomic E-state index is -0.965. The van der Waals surface area contributed by atoms with Gasteiger partial charge in [-0.3, -0.25) is 9.88 Å². The number of aromatic nitrogens is 1. The Bertz CT molecular complexity index is 1390. The van der Waals surface area contributed by atoms with E-state index in [2.05, 4.69) is 72.3 Å². The van der Waals surface area contributed by atoms with Crippen LogP contribution in [0.4, 0.5) is 0 Å². The first-order valence-electron chi connectivity index (χ1n) is 15.1. The van der Waals surface area contributed by atoms with Crippen molar-refractivity contribution in [1.29, 1.82) is 0 Å². The number of nitrogens with zero attached hydrogens (tertiary/aromatic N) is 2. The Kier molecular flexibility index (Phi) is 9.30. The van der Waals surface area contributed by atoms with Crippen LogP contribution in [0.3, 0.4) is 0 Å². The first-order chi connectivity index (χ1) is 19.3. The molecular formula is C35H41N2NaO3. The van der Waals surface area contributed by atoms with Crippen LogP contribution in [0.5, 0.6) is 5.75 Å². The minimum Gasteiger partial charge on any atom is -0.550 e. The van der Waals surface area contributed by atoms with Gasteiger partial charge in [-0.15, -0.1) is 0 Å². The number of rotatable bonds is 8. The number of aryl methyl sites for hydroxylation is 2. The van der Waals surface area contributed by atoms with Gasteiger partial charge in [0.05, 0.1) is 0 Å². The van der Waals surface area contributed by atoms with Gasteiger partial charge in [0.1, 0.15) is 11.9 Å². The van der Waals surface area contributed by atoms with E-state index in [0.29, 0.717) is 18.0 Å². The molecule has 41 heavy (non-hydrogen) atoms. The SMILES string of the molecule is Cc1cc(-c2ccc(C3CCc4ccc([C@H](C5CC5)[C@H](C)C(=O)[O-])cc4O3)c(CN3[C@H](C)CC[C@H]3C)c2)ccn1.[Na+]. The van der Waals surface area contributed by atoms with Crippen molar-refractivity contribution in [3.05, 3.63) is 82.7 Å². The fraction of sp³-hybridized carbons (Fsp3) is 0.486. The number of hydrogen-bond acceptors (Lipinski definition) is 5. The molecule has 2 fully saturated rings. The second-order valence-electron chi connectivity index (χ2n) is 12.5. The van der Waals surface area contributed by atoms with E-state index in [1.165, 1.54) is 40.7 Å². The van der Waals surface area contributed by atoms with Gasteiger partial charge < -0.3 is 14.6 Å². The van der Waals surface area contributed by atoms with Gasteiger partial charge >= 0.3 is 29.6 Å². The van der Waals surface area contributed by atoms with Crippen LogP contribution in [0.2, 0.25) is 0 Å². The van der Waals surface area contributed by atoms with Crippen LogP contribution in [0.25, 0.3) is 11.1 Å². The summed E-state index contributed by atoms with van der Waals surface area (Å²) < 4.78 is 6.78. The summed E-state index contributed by atoms with van der Waals surface area (Å²) in [5.74, 6) is -0.160. The molecule has 0 radical (unpaired) electrons. The second kappa shape index (κ2) is 12.6. The number of aliphatic carboxylic acids is 1. The van der Waals surface area contributed by atoms with E-state index in [1.807, 2.05) is 13.1 Å². The Hall–Kier alpha value is -2.18. The number of fused-ring (bicyclic) bond motifs is 1. The molecule has 1 unspecified atom stereocenters. The summed E-state index contributed by atoms with van der Waals surface area (Å²) in [6.45, 7) is 9.43. The number of ether oxygens (including phenoxy) is 1. The maximum Gasteiger partial charge on any atom is 1.00 e. The van der Waals surface area contributed by atoms with E-state index in [4.69, 9.17) is 4.74 Å². The van der Waals surface area contributed by atoms with Crippen molar-refractivity contribution in [1.82, 2.24) is 9.88 Å². The molecule has 1 aliphatic carbocycles. The average molecular weight is 561 g/mol. The minimum absolute atomic E-state index is 0. The molecule has 6 heteroatoms. The summed E-state index contributed by atoms with van der Waals surface area (Å²) in [4.78, 5) is 18.8. The molecule has 3 heterocycles. The van der Waals surface area contributed by atoms with Gasteiger partial charge in [0.15, 0.2) is 0 Å². The third-order valence-electron chi connectivity index (χ3n) is 9.67. The quantitative estimate of drug-likeness (QED) is 0.396.